The molecule has 3 N–H and O–H groups in total. The summed E-state index contributed by atoms with van der Waals surface area (Å²) in [6, 6.07) is 3.98. The number of aliphatic hydroxyl groups excluding tert-OH is 1. The first-order chi connectivity index (χ1) is 8.61. The summed E-state index contributed by atoms with van der Waals surface area (Å²) in [5, 5.41) is 25.3. The maximum atomic E-state index is 9.89. The zero-order valence-corrected chi connectivity index (χ0v) is 10.7. The molecule has 2 atom stereocenters. The van der Waals surface area contributed by atoms with Crippen LogP contribution in [0.5, 0.6) is 0 Å². The molecule has 0 aliphatic carbocycles. The lowest BCUT2D eigenvalue weighted by molar-refractivity contribution is 0.124. The number of nitrogens with one attached hydrogen (secondary N) is 2. The molecule has 5 heteroatoms. The summed E-state index contributed by atoms with van der Waals surface area (Å²) in [4.78, 5) is 4.36. The van der Waals surface area contributed by atoms with Gasteiger partial charge in [0.1, 0.15) is 11.9 Å². The fourth-order valence-electron chi connectivity index (χ4n) is 2.26. The van der Waals surface area contributed by atoms with Crippen molar-refractivity contribution < 1.29 is 5.11 Å². The Morgan fingerprint density at radius 2 is 2.33 bits per heavy atom. The highest BCUT2D eigenvalue weighted by atomic mass is 16.3. The van der Waals surface area contributed by atoms with Crippen LogP contribution in [0.4, 0.5) is 5.82 Å². The molecule has 1 fully saturated rings. The number of nitrogens with zero attached hydrogens (tertiary/aromatic N) is 2. The summed E-state index contributed by atoms with van der Waals surface area (Å²) in [5.41, 5.74) is 2.26. The average molecular weight is 246 g/mol. The van der Waals surface area contributed by atoms with Crippen LogP contribution >= 0.6 is 0 Å². The van der Waals surface area contributed by atoms with Crippen molar-refractivity contribution in [2.24, 2.45) is 0 Å². The van der Waals surface area contributed by atoms with E-state index in [1.807, 2.05) is 19.9 Å². The van der Waals surface area contributed by atoms with Gasteiger partial charge in [-0.1, -0.05) is 0 Å². The van der Waals surface area contributed by atoms with Crippen molar-refractivity contribution in [3.8, 4) is 6.07 Å². The highest BCUT2D eigenvalue weighted by molar-refractivity contribution is 5.49. The SMILES string of the molecule is Cc1cc(N[C@H]2CNCC[C@H]2O)nc(C)c1C#N. The number of aryl methyl sites for hydroxylation is 2. The predicted molar refractivity (Wildman–Crippen MR) is 69.3 cm³/mol. The van der Waals surface area contributed by atoms with Crippen molar-refractivity contribution in [2.75, 3.05) is 18.4 Å². The Morgan fingerprint density at radius 1 is 1.56 bits per heavy atom. The van der Waals surface area contributed by atoms with Gasteiger partial charge in [0.2, 0.25) is 0 Å². The number of anilines is 1. The van der Waals surface area contributed by atoms with E-state index in [4.69, 9.17) is 5.26 Å². The number of piperidine rings is 1. The van der Waals surface area contributed by atoms with Gasteiger partial charge in [0.15, 0.2) is 0 Å². The summed E-state index contributed by atoms with van der Waals surface area (Å²) in [7, 11) is 0. The average Bonchev–Trinajstić information content (AvgIpc) is 2.32. The maximum absolute atomic E-state index is 9.89. The van der Waals surface area contributed by atoms with E-state index in [1.165, 1.54) is 0 Å². The first-order valence-electron chi connectivity index (χ1n) is 6.15. The van der Waals surface area contributed by atoms with Crippen molar-refractivity contribution in [3.05, 3.63) is 22.9 Å². The third-order valence-corrected chi connectivity index (χ3v) is 3.29. The molecule has 2 heterocycles. The van der Waals surface area contributed by atoms with Crippen molar-refractivity contribution >= 4 is 5.82 Å². The molecule has 0 bridgehead atoms. The van der Waals surface area contributed by atoms with Crippen LogP contribution in [0.15, 0.2) is 6.07 Å². The van der Waals surface area contributed by atoms with E-state index in [1.54, 1.807) is 0 Å². The van der Waals surface area contributed by atoms with Gasteiger partial charge in [-0.3, -0.25) is 0 Å². The third kappa shape index (κ3) is 2.61. The summed E-state index contributed by atoms with van der Waals surface area (Å²) in [6.45, 7) is 5.29. The number of hydrogen-bond donors (Lipinski definition) is 3. The van der Waals surface area contributed by atoms with E-state index >= 15 is 0 Å². The molecule has 1 aliphatic rings. The van der Waals surface area contributed by atoms with Crippen LogP contribution in [0.2, 0.25) is 0 Å². The lowest BCUT2D eigenvalue weighted by Gasteiger charge is -2.29. The van der Waals surface area contributed by atoms with Gasteiger partial charge in [0, 0.05) is 6.54 Å². The molecule has 18 heavy (non-hydrogen) atoms. The minimum Gasteiger partial charge on any atom is -0.391 e. The van der Waals surface area contributed by atoms with Crippen molar-refractivity contribution in [1.29, 1.82) is 5.26 Å². The van der Waals surface area contributed by atoms with Gasteiger partial charge in [-0.2, -0.15) is 5.26 Å². The molecule has 96 valence electrons. The molecule has 0 spiro atoms. The van der Waals surface area contributed by atoms with Gasteiger partial charge in [-0.05, 0) is 38.4 Å². The van der Waals surface area contributed by atoms with Gasteiger partial charge < -0.3 is 15.7 Å². The zero-order chi connectivity index (χ0) is 13.1. The highest BCUT2D eigenvalue weighted by Crippen LogP contribution is 2.17. The summed E-state index contributed by atoms with van der Waals surface area (Å²) >= 11 is 0. The molecule has 0 unspecified atom stereocenters. The first kappa shape index (κ1) is 12.8. The molecule has 5 nitrogen and oxygen atoms in total. The fourth-order valence-corrected chi connectivity index (χ4v) is 2.26. The summed E-state index contributed by atoms with van der Waals surface area (Å²) in [6.07, 6.45) is 0.385. The summed E-state index contributed by atoms with van der Waals surface area (Å²) in [5.74, 6) is 0.719. The van der Waals surface area contributed by atoms with Crippen molar-refractivity contribution in [1.82, 2.24) is 10.3 Å². The van der Waals surface area contributed by atoms with Crippen LogP contribution in [-0.4, -0.2) is 35.3 Å². The Kier molecular flexibility index (Phi) is 3.80. The third-order valence-electron chi connectivity index (χ3n) is 3.29. The second-order valence-electron chi connectivity index (χ2n) is 4.71. The van der Waals surface area contributed by atoms with Crippen LogP contribution < -0.4 is 10.6 Å². The number of hydrogen-bond acceptors (Lipinski definition) is 5. The lowest BCUT2D eigenvalue weighted by Crippen LogP contribution is -2.48. The Labute approximate surface area is 107 Å². The molecule has 2 rings (SSSR count). The molecule has 0 saturated carbocycles. The molecule has 0 amide bonds. The van der Waals surface area contributed by atoms with Crippen molar-refractivity contribution in [2.45, 2.75) is 32.4 Å². The quantitative estimate of drug-likeness (QED) is 0.716. The number of nitriles is 1. The molecule has 1 aliphatic heterocycles. The molecule has 0 aromatic carbocycles. The Hall–Kier alpha value is -1.64. The second-order valence-corrected chi connectivity index (χ2v) is 4.71. The van der Waals surface area contributed by atoms with E-state index in [2.05, 4.69) is 21.7 Å². The minimum atomic E-state index is -0.357. The molecular weight excluding hydrogens is 228 g/mol. The normalized spacial score (nSPS) is 23.4. The number of aliphatic hydroxyl groups is 1. The van der Waals surface area contributed by atoms with Gasteiger partial charge in [0.25, 0.3) is 0 Å². The van der Waals surface area contributed by atoms with E-state index in [0.717, 1.165) is 36.6 Å². The minimum absolute atomic E-state index is 0.0296. The zero-order valence-electron chi connectivity index (χ0n) is 10.7. The van der Waals surface area contributed by atoms with Gasteiger partial charge in [-0.25, -0.2) is 4.98 Å². The fraction of sp³-hybridized carbons (Fsp3) is 0.538. The highest BCUT2D eigenvalue weighted by Gasteiger charge is 2.23. The second kappa shape index (κ2) is 5.34. The van der Waals surface area contributed by atoms with E-state index < -0.39 is 0 Å². The molecule has 0 radical (unpaired) electrons. The maximum Gasteiger partial charge on any atom is 0.126 e. The van der Waals surface area contributed by atoms with Crippen LogP contribution in [0.1, 0.15) is 23.2 Å². The topological polar surface area (TPSA) is 81.0 Å². The van der Waals surface area contributed by atoms with Crippen molar-refractivity contribution in [3.63, 3.8) is 0 Å². The largest absolute Gasteiger partial charge is 0.391 e. The first-order valence-corrected chi connectivity index (χ1v) is 6.15. The predicted octanol–water partition coefficient (Wildman–Crippen LogP) is 0.705. The smallest absolute Gasteiger partial charge is 0.126 e. The number of rotatable bonds is 2. The van der Waals surface area contributed by atoms with E-state index in [0.29, 0.717) is 5.56 Å². The van der Waals surface area contributed by atoms with Gasteiger partial charge in [0.05, 0.1) is 23.4 Å². The standard InChI is InChI=1S/C13H18N4O/c1-8-5-13(16-9(2)10(8)6-14)17-11-7-15-4-3-12(11)18/h5,11-12,15,18H,3-4,7H2,1-2H3,(H,16,17)/t11-,12+/m0/s1. The number of pyridine rings is 1. The molecule has 1 aromatic rings. The van der Waals surface area contributed by atoms with Crippen LogP contribution in [0.25, 0.3) is 0 Å². The molecule has 1 saturated heterocycles. The van der Waals surface area contributed by atoms with Gasteiger partial charge >= 0.3 is 0 Å². The Morgan fingerprint density at radius 3 is 2.94 bits per heavy atom. The Bertz CT molecular complexity index is 457. The number of aromatic nitrogens is 1. The lowest BCUT2D eigenvalue weighted by atomic mass is 10.0. The molecular formula is C13H18N4O. The van der Waals surface area contributed by atoms with Gasteiger partial charge in [-0.15, -0.1) is 0 Å². The van der Waals surface area contributed by atoms with Crippen LogP contribution in [0, 0.1) is 25.2 Å². The Balaban J connectivity index is 2.17. The van der Waals surface area contributed by atoms with E-state index in [-0.39, 0.29) is 12.1 Å². The monoisotopic (exact) mass is 246 g/mol. The van der Waals surface area contributed by atoms with E-state index in [9.17, 15) is 5.11 Å². The van der Waals surface area contributed by atoms with Crippen LogP contribution in [0.3, 0.4) is 0 Å². The molecule has 1 aromatic heterocycles. The summed E-state index contributed by atoms with van der Waals surface area (Å²) < 4.78 is 0. The van der Waals surface area contributed by atoms with Crippen LogP contribution in [-0.2, 0) is 0 Å².